The highest BCUT2D eigenvalue weighted by atomic mass is 32.1. The molecule has 3 aromatic heterocycles. The minimum atomic E-state index is 0.655. The van der Waals surface area contributed by atoms with E-state index < -0.39 is 0 Å². The van der Waals surface area contributed by atoms with Gasteiger partial charge in [0.25, 0.3) is 0 Å². The summed E-state index contributed by atoms with van der Waals surface area (Å²) < 4.78 is 10.6. The Morgan fingerprint density at radius 3 is 2.36 bits per heavy atom. The highest BCUT2D eigenvalue weighted by molar-refractivity contribution is 7.26. The van der Waals surface area contributed by atoms with Gasteiger partial charge in [0.1, 0.15) is 0 Å². The summed E-state index contributed by atoms with van der Waals surface area (Å²) in [6, 6.07) is 10.9. The third kappa shape index (κ3) is 3.86. The molecule has 0 fully saturated rings. The van der Waals surface area contributed by atoms with Crippen LogP contribution in [0.1, 0.15) is 5.56 Å². The second kappa shape index (κ2) is 8.04. The van der Waals surface area contributed by atoms with Crippen LogP contribution in [0.5, 0.6) is 0 Å². The van der Waals surface area contributed by atoms with Crippen molar-refractivity contribution in [1.29, 1.82) is 0 Å². The van der Waals surface area contributed by atoms with Crippen molar-refractivity contribution in [3.8, 4) is 19.5 Å². The Bertz CT molecular complexity index is 669. The predicted molar refractivity (Wildman–Crippen MR) is 97.3 cm³/mol. The zero-order chi connectivity index (χ0) is 15.2. The van der Waals surface area contributed by atoms with Crippen molar-refractivity contribution in [1.82, 2.24) is 0 Å². The summed E-state index contributed by atoms with van der Waals surface area (Å²) in [5.41, 5.74) is 1.38. The number of thiophene rings is 3. The van der Waals surface area contributed by atoms with Gasteiger partial charge in [0, 0.05) is 26.6 Å². The molecule has 3 heterocycles. The van der Waals surface area contributed by atoms with E-state index in [-0.39, 0.29) is 0 Å². The molecule has 0 spiro atoms. The zero-order valence-corrected chi connectivity index (χ0v) is 14.9. The van der Waals surface area contributed by atoms with Crippen LogP contribution in [0.25, 0.3) is 19.5 Å². The van der Waals surface area contributed by atoms with Crippen LogP contribution >= 0.6 is 34.0 Å². The summed E-state index contributed by atoms with van der Waals surface area (Å²) in [6.07, 6.45) is 0.943. The van der Waals surface area contributed by atoms with Crippen molar-refractivity contribution in [3.05, 3.63) is 46.7 Å². The molecular weight excluding hydrogens is 332 g/mol. The molecule has 22 heavy (non-hydrogen) atoms. The van der Waals surface area contributed by atoms with Crippen LogP contribution < -0.4 is 0 Å². The maximum atomic E-state index is 5.64. The first kappa shape index (κ1) is 15.9. The normalized spacial score (nSPS) is 11.1. The first-order valence-corrected chi connectivity index (χ1v) is 9.73. The first-order valence-electron chi connectivity index (χ1n) is 7.15. The van der Waals surface area contributed by atoms with Crippen molar-refractivity contribution >= 4 is 34.0 Å². The van der Waals surface area contributed by atoms with Crippen LogP contribution in [0.2, 0.25) is 0 Å². The number of hydrogen-bond donors (Lipinski definition) is 0. The second-order valence-corrected chi connectivity index (χ2v) is 7.72. The highest BCUT2D eigenvalue weighted by Crippen LogP contribution is 2.41. The fourth-order valence-electron chi connectivity index (χ4n) is 2.20. The maximum absolute atomic E-state index is 5.64. The molecule has 116 valence electrons. The lowest BCUT2D eigenvalue weighted by Crippen LogP contribution is -2.04. The summed E-state index contributed by atoms with van der Waals surface area (Å²) in [5.74, 6) is 0. The molecule has 3 rings (SSSR count). The van der Waals surface area contributed by atoms with Gasteiger partial charge in [-0.25, -0.2) is 0 Å². The topological polar surface area (TPSA) is 18.5 Å². The van der Waals surface area contributed by atoms with Crippen molar-refractivity contribution < 1.29 is 9.47 Å². The lowest BCUT2D eigenvalue weighted by Gasteiger charge is -2.04. The SMILES string of the molecule is COCCOCCc1cc(-c2cccs2)sc1-c1cccs1. The van der Waals surface area contributed by atoms with Gasteiger partial charge in [-0.3, -0.25) is 0 Å². The molecule has 0 aromatic carbocycles. The average Bonchev–Trinajstić information content (AvgIpc) is 3.27. The molecule has 0 N–H and O–H groups in total. The summed E-state index contributed by atoms with van der Waals surface area (Å²) in [7, 11) is 1.70. The molecule has 0 saturated heterocycles. The van der Waals surface area contributed by atoms with Crippen molar-refractivity contribution in [2.24, 2.45) is 0 Å². The van der Waals surface area contributed by atoms with E-state index in [0.717, 1.165) is 13.0 Å². The summed E-state index contributed by atoms with van der Waals surface area (Å²) >= 11 is 5.48. The number of rotatable bonds is 8. The average molecular weight is 351 g/mol. The Balaban J connectivity index is 1.77. The minimum Gasteiger partial charge on any atom is -0.382 e. The largest absolute Gasteiger partial charge is 0.382 e. The van der Waals surface area contributed by atoms with Gasteiger partial charge in [-0.15, -0.1) is 34.0 Å². The Morgan fingerprint density at radius 1 is 0.909 bits per heavy atom. The number of hydrogen-bond acceptors (Lipinski definition) is 5. The van der Waals surface area contributed by atoms with Crippen LogP contribution in [0.15, 0.2) is 41.1 Å². The van der Waals surface area contributed by atoms with Gasteiger partial charge in [-0.2, -0.15) is 0 Å². The molecule has 3 aromatic rings. The molecular formula is C17H18O2S3. The molecule has 0 aliphatic rings. The number of ether oxygens (including phenoxy) is 2. The van der Waals surface area contributed by atoms with Crippen LogP contribution in [0.3, 0.4) is 0 Å². The molecule has 0 bridgehead atoms. The standard InChI is InChI=1S/C17H18O2S3/c1-18-8-9-19-7-6-13-12-16(14-4-2-10-20-14)22-17(13)15-5-3-11-21-15/h2-5,10-12H,6-9H2,1H3. The van der Waals surface area contributed by atoms with Crippen LogP contribution in [-0.2, 0) is 15.9 Å². The van der Waals surface area contributed by atoms with E-state index in [0.29, 0.717) is 13.2 Å². The van der Waals surface area contributed by atoms with Crippen LogP contribution in [-0.4, -0.2) is 26.9 Å². The lowest BCUT2D eigenvalue weighted by atomic mass is 10.1. The van der Waals surface area contributed by atoms with E-state index >= 15 is 0 Å². The van der Waals surface area contributed by atoms with Gasteiger partial charge in [0.15, 0.2) is 0 Å². The van der Waals surface area contributed by atoms with Crippen molar-refractivity contribution in [2.45, 2.75) is 6.42 Å². The smallest absolute Gasteiger partial charge is 0.0700 e. The zero-order valence-electron chi connectivity index (χ0n) is 12.4. The van der Waals surface area contributed by atoms with E-state index in [9.17, 15) is 0 Å². The Kier molecular flexibility index (Phi) is 5.81. The lowest BCUT2D eigenvalue weighted by molar-refractivity contribution is 0.0723. The summed E-state index contributed by atoms with van der Waals surface area (Å²) in [6.45, 7) is 2.05. The minimum absolute atomic E-state index is 0.655. The van der Waals surface area contributed by atoms with Gasteiger partial charge in [-0.1, -0.05) is 12.1 Å². The summed E-state index contributed by atoms with van der Waals surface area (Å²) in [4.78, 5) is 5.42. The highest BCUT2D eigenvalue weighted by Gasteiger charge is 2.13. The third-order valence-corrected chi connectivity index (χ3v) is 6.56. The molecule has 5 heteroatoms. The van der Waals surface area contributed by atoms with E-state index in [4.69, 9.17) is 9.47 Å². The Labute approximate surface area is 143 Å². The second-order valence-electron chi connectivity index (χ2n) is 4.77. The van der Waals surface area contributed by atoms with Gasteiger partial charge < -0.3 is 9.47 Å². The van der Waals surface area contributed by atoms with E-state index in [1.54, 1.807) is 29.8 Å². The molecule has 0 radical (unpaired) electrons. The molecule has 0 amide bonds. The van der Waals surface area contributed by atoms with Crippen LogP contribution in [0, 0.1) is 0 Å². The monoisotopic (exact) mass is 350 g/mol. The summed E-state index contributed by atoms with van der Waals surface area (Å²) in [5, 5.41) is 4.27. The van der Waals surface area contributed by atoms with Gasteiger partial charge in [0.05, 0.1) is 19.8 Å². The van der Waals surface area contributed by atoms with E-state index in [2.05, 4.69) is 41.1 Å². The van der Waals surface area contributed by atoms with Gasteiger partial charge in [-0.05, 0) is 40.9 Å². The molecule has 0 saturated carbocycles. The fourth-order valence-corrected chi connectivity index (χ4v) is 5.12. The van der Waals surface area contributed by atoms with Crippen molar-refractivity contribution in [3.63, 3.8) is 0 Å². The molecule has 2 nitrogen and oxygen atoms in total. The maximum Gasteiger partial charge on any atom is 0.0700 e. The van der Waals surface area contributed by atoms with E-state index in [1.807, 2.05) is 11.3 Å². The molecule has 0 aliphatic carbocycles. The molecule has 0 unspecified atom stereocenters. The van der Waals surface area contributed by atoms with Gasteiger partial charge in [0.2, 0.25) is 0 Å². The van der Waals surface area contributed by atoms with E-state index in [1.165, 1.54) is 25.1 Å². The van der Waals surface area contributed by atoms with Crippen LogP contribution in [0.4, 0.5) is 0 Å². The van der Waals surface area contributed by atoms with Crippen molar-refractivity contribution in [2.75, 3.05) is 26.9 Å². The Morgan fingerprint density at radius 2 is 1.68 bits per heavy atom. The first-order chi connectivity index (χ1) is 10.9. The van der Waals surface area contributed by atoms with Gasteiger partial charge >= 0.3 is 0 Å². The number of methoxy groups -OCH3 is 1. The molecule has 0 aliphatic heterocycles. The predicted octanol–water partition coefficient (Wildman–Crippen LogP) is 5.41. The fraction of sp³-hybridized carbons (Fsp3) is 0.294. The molecule has 0 atom stereocenters. The quantitative estimate of drug-likeness (QED) is 0.506. The third-order valence-electron chi connectivity index (χ3n) is 3.27. The Hall–Kier alpha value is -0.980.